The molecule has 1 aromatic carbocycles. The molecule has 0 aliphatic carbocycles. The first-order valence-corrected chi connectivity index (χ1v) is 8.43. The molecule has 1 fully saturated rings. The van der Waals surface area contributed by atoms with E-state index in [4.69, 9.17) is 9.84 Å². The number of carboxylic acids is 1. The van der Waals surface area contributed by atoms with Gasteiger partial charge >= 0.3 is 12.1 Å². The monoisotopic (exact) mass is 348 g/mol. The van der Waals surface area contributed by atoms with Crippen molar-refractivity contribution < 1.29 is 24.2 Å². The largest absolute Gasteiger partial charge is 0.481 e. The van der Waals surface area contributed by atoms with Crippen molar-refractivity contribution >= 4 is 18.0 Å². The highest BCUT2D eigenvalue weighted by atomic mass is 16.5. The summed E-state index contributed by atoms with van der Waals surface area (Å²) in [6, 6.07) is 8.00. The molecule has 7 heteroatoms. The summed E-state index contributed by atoms with van der Waals surface area (Å²) < 4.78 is 5.08. The summed E-state index contributed by atoms with van der Waals surface area (Å²) >= 11 is 0. The van der Waals surface area contributed by atoms with Gasteiger partial charge in [0.05, 0.1) is 6.42 Å². The predicted molar refractivity (Wildman–Crippen MR) is 90.8 cm³/mol. The maximum absolute atomic E-state index is 12.5. The van der Waals surface area contributed by atoms with Crippen molar-refractivity contribution in [1.82, 2.24) is 10.2 Å². The number of carbonyl (C=O) groups is 3. The Labute approximate surface area is 147 Å². The third-order valence-electron chi connectivity index (χ3n) is 4.28. The van der Waals surface area contributed by atoms with Crippen LogP contribution in [0.2, 0.25) is 0 Å². The first-order valence-electron chi connectivity index (χ1n) is 8.43. The molecule has 1 heterocycles. The van der Waals surface area contributed by atoms with Gasteiger partial charge in [0.15, 0.2) is 0 Å². The molecule has 7 nitrogen and oxygen atoms in total. The minimum absolute atomic E-state index is 0.0574. The number of alkyl carbamates (subject to hydrolysis) is 1. The van der Waals surface area contributed by atoms with E-state index in [2.05, 4.69) is 12.2 Å². The first kappa shape index (κ1) is 18.8. The van der Waals surface area contributed by atoms with E-state index in [-0.39, 0.29) is 12.5 Å². The quantitative estimate of drug-likeness (QED) is 0.820. The molecule has 1 atom stereocenters. The zero-order valence-electron chi connectivity index (χ0n) is 14.3. The Hall–Kier alpha value is -2.57. The number of ether oxygens (including phenoxy) is 1. The van der Waals surface area contributed by atoms with Crippen LogP contribution in [0.5, 0.6) is 0 Å². The van der Waals surface area contributed by atoms with Crippen LogP contribution in [-0.4, -0.2) is 47.1 Å². The van der Waals surface area contributed by atoms with Gasteiger partial charge in [-0.1, -0.05) is 37.3 Å². The Bertz CT molecular complexity index is 597. The number of carboxylic acid groups (broad SMARTS) is 1. The molecule has 2 N–H and O–H groups in total. The maximum Gasteiger partial charge on any atom is 0.408 e. The summed E-state index contributed by atoms with van der Waals surface area (Å²) in [4.78, 5) is 37.2. The minimum Gasteiger partial charge on any atom is -0.481 e. The van der Waals surface area contributed by atoms with Gasteiger partial charge in [-0.15, -0.1) is 0 Å². The highest BCUT2D eigenvalue weighted by Crippen LogP contribution is 2.17. The second-order valence-corrected chi connectivity index (χ2v) is 6.36. The van der Waals surface area contributed by atoms with Crippen LogP contribution in [0.3, 0.4) is 0 Å². The standard InChI is InChI=1S/C18H24N2O5/c1-13-7-9-20(10-8-13)17(23)15(11-16(21)22)19-18(24)25-12-14-5-3-2-4-6-14/h2-6,13,15H,7-12H2,1H3,(H,19,24)(H,21,22). The van der Waals surface area contributed by atoms with Crippen LogP contribution in [0.25, 0.3) is 0 Å². The number of nitrogens with one attached hydrogen (secondary N) is 1. The molecule has 1 aromatic rings. The lowest BCUT2D eigenvalue weighted by Crippen LogP contribution is -2.51. The third-order valence-corrected chi connectivity index (χ3v) is 4.28. The molecule has 1 saturated heterocycles. The summed E-state index contributed by atoms with van der Waals surface area (Å²) in [6.07, 6.45) is 0.494. The SMILES string of the molecule is CC1CCN(C(=O)C(CC(=O)O)NC(=O)OCc2ccccc2)CC1. The van der Waals surface area contributed by atoms with Crippen LogP contribution in [0.1, 0.15) is 31.7 Å². The van der Waals surface area contributed by atoms with Gasteiger partial charge in [0.25, 0.3) is 0 Å². The molecule has 0 saturated carbocycles. The van der Waals surface area contributed by atoms with Crippen LogP contribution >= 0.6 is 0 Å². The van der Waals surface area contributed by atoms with Crippen LogP contribution in [-0.2, 0) is 20.9 Å². The lowest BCUT2D eigenvalue weighted by Gasteiger charge is -2.32. The van der Waals surface area contributed by atoms with Crippen molar-refractivity contribution in [3.8, 4) is 0 Å². The van der Waals surface area contributed by atoms with Crippen LogP contribution < -0.4 is 5.32 Å². The molecule has 136 valence electrons. The number of carbonyl (C=O) groups excluding carboxylic acids is 2. The van der Waals surface area contributed by atoms with Gasteiger partial charge in [0.1, 0.15) is 12.6 Å². The second kappa shape index (κ2) is 9.05. The van der Waals surface area contributed by atoms with Crippen molar-refractivity contribution in [2.45, 2.75) is 38.8 Å². The van der Waals surface area contributed by atoms with Gasteiger partial charge in [0.2, 0.25) is 5.91 Å². The zero-order valence-corrected chi connectivity index (χ0v) is 14.3. The second-order valence-electron chi connectivity index (χ2n) is 6.36. The van der Waals surface area contributed by atoms with Crippen molar-refractivity contribution in [2.75, 3.05) is 13.1 Å². The van der Waals surface area contributed by atoms with Crippen molar-refractivity contribution in [2.24, 2.45) is 5.92 Å². The number of likely N-dealkylation sites (tertiary alicyclic amines) is 1. The van der Waals surface area contributed by atoms with Gasteiger partial charge in [0, 0.05) is 13.1 Å². The third kappa shape index (κ3) is 6.10. The van der Waals surface area contributed by atoms with E-state index < -0.39 is 24.5 Å². The summed E-state index contributed by atoms with van der Waals surface area (Å²) in [5, 5.41) is 11.4. The number of amides is 2. The number of hydrogen-bond acceptors (Lipinski definition) is 4. The fourth-order valence-corrected chi connectivity index (χ4v) is 2.73. The minimum atomic E-state index is -1.15. The molecule has 2 amide bonds. The molecule has 1 unspecified atom stereocenters. The van der Waals surface area contributed by atoms with Gasteiger partial charge in [-0.05, 0) is 24.3 Å². The van der Waals surface area contributed by atoms with Crippen molar-refractivity contribution in [3.63, 3.8) is 0 Å². The lowest BCUT2D eigenvalue weighted by atomic mass is 9.98. The van der Waals surface area contributed by atoms with Gasteiger partial charge < -0.3 is 20.1 Å². The van der Waals surface area contributed by atoms with Gasteiger partial charge in [-0.25, -0.2) is 4.79 Å². The lowest BCUT2D eigenvalue weighted by molar-refractivity contribution is -0.143. The average Bonchev–Trinajstić information content (AvgIpc) is 2.60. The molecule has 0 aromatic heterocycles. The summed E-state index contributed by atoms with van der Waals surface area (Å²) in [5.41, 5.74) is 0.809. The number of hydrogen-bond donors (Lipinski definition) is 2. The number of benzene rings is 1. The topological polar surface area (TPSA) is 95.9 Å². The molecule has 1 aliphatic heterocycles. The molecular weight excluding hydrogens is 324 g/mol. The summed E-state index contributed by atoms with van der Waals surface area (Å²) in [7, 11) is 0. The molecule has 0 bridgehead atoms. The smallest absolute Gasteiger partial charge is 0.408 e. The summed E-state index contributed by atoms with van der Waals surface area (Å²) in [6.45, 7) is 3.34. The normalized spacial score (nSPS) is 16.1. The number of rotatable bonds is 6. The number of nitrogens with zero attached hydrogens (tertiary/aromatic N) is 1. The average molecular weight is 348 g/mol. The number of aliphatic carboxylic acids is 1. The molecule has 0 spiro atoms. The fourth-order valence-electron chi connectivity index (χ4n) is 2.73. The van der Waals surface area contributed by atoms with Crippen LogP contribution in [0.4, 0.5) is 4.79 Å². The highest BCUT2D eigenvalue weighted by molar-refractivity contribution is 5.89. The Morgan fingerprint density at radius 3 is 2.48 bits per heavy atom. The first-order chi connectivity index (χ1) is 12.0. The van der Waals surface area contributed by atoms with E-state index in [0.29, 0.717) is 19.0 Å². The Balaban J connectivity index is 1.91. The predicted octanol–water partition coefficient (Wildman–Crippen LogP) is 2.01. The molecule has 0 radical (unpaired) electrons. The molecule has 2 rings (SSSR count). The summed E-state index contributed by atoms with van der Waals surface area (Å²) in [5.74, 6) is -0.969. The molecular formula is C18H24N2O5. The van der Waals surface area contributed by atoms with Gasteiger partial charge in [-0.3, -0.25) is 9.59 Å². The van der Waals surface area contributed by atoms with E-state index >= 15 is 0 Å². The van der Waals surface area contributed by atoms with Crippen LogP contribution in [0, 0.1) is 5.92 Å². The van der Waals surface area contributed by atoms with E-state index in [9.17, 15) is 14.4 Å². The van der Waals surface area contributed by atoms with Crippen LogP contribution in [0.15, 0.2) is 30.3 Å². The Kier molecular flexibility index (Phi) is 6.80. The number of piperidine rings is 1. The Morgan fingerprint density at radius 1 is 1.24 bits per heavy atom. The van der Waals surface area contributed by atoms with E-state index in [1.807, 2.05) is 30.3 Å². The van der Waals surface area contributed by atoms with Gasteiger partial charge in [-0.2, -0.15) is 0 Å². The Morgan fingerprint density at radius 2 is 1.88 bits per heavy atom. The van der Waals surface area contributed by atoms with E-state index in [0.717, 1.165) is 18.4 Å². The molecule has 1 aliphatic rings. The van der Waals surface area contributed by atoms with E-state index in [1.165, 1.54) is 0 Å². The zero-order chi connectivity index (χ0) is 18.2. The van der Waals surface area contributed by atoms with Crippen molar-refractivity contribution in [3.05, 3.63) is 35.9 Å². The maximum atomic E-state index is 12.5. The fraction of sp³-hybridized carbons (Fsp3) is 0.500. The van der Waals surface area contributed by atoms with Crippen molar-refractivity contribution in [1.29, 1.82) is 0 Å². The van der Waals surface area contributed by atoms with E-state index in [1.54, 1.807) is 4.90 Å². The highest BCUT2D eigenvalue weighted by Gasteiger charge is 2.30. The molecule has 25 heavy (non-hydrogen) atoms.